The molecule has 0 atom stereocenters. The third kappa shape index (κ3) is 4.77. The summed E-state index contributed by atoms with van der Waals surface area (Å²) in [5.41, 5.74) is 10.9. The molecule has 0 aliphatic carbocycles. The van der Waals surface area contributed by atoms with Gasteiger partial charge in [0.05, 0.1) is 33.3 Å². The first-order valence-electron chi connectivity index (χ1n) is 20.0. The minimum atomic E-state index is 0.653. The van der Waals surface area contributed by atoms with Gasteiger partial charge in [0, 0.05) is 58.4 Å². The van der Waals surface area contributed by atoms with Gasteiger partial charge in [0.1, 0.15) is 0 Å². The van der Waals surface area contributed by atoms with Crippen molar-refractivity contribution >= 4 is 96.8 Å². The van der Waals surface area contributed by atoms with Crippen LogP contribution < -0.4 is 0 Å². The summed E-state index contributed by atoms with van der Waals surface area (Å²) in [5, 5.41) is 10.9. The van der Waals surface area contributed by atoms with Crippen molar-refractivity contribution in [3.8, 4) is 34.0 Å². The molecule has 0 saturated carbocycles. The number of thiophene rings is 1. The Labute approximate surface area is 342 Å². The van der Waals surface area contributed by atoms with Crippen molar-refractivity contribution in [3.63, 3.8) is 0 Å². The summed E-state index contributed by atoms with van der Waals surface area (Å²) >= 11 is 1.86. The van der Waals surface area contributed by atoms with Crippen LogP contribution in [0, 0.1) is 0 Å². The van der Waals surface area contributed by atoms with E-state index in [1.54, 1.807) is 0 Å². The molecule has 0 radical (unpaired) electrons. The second-order valence-corrected chi connectivity index (χ2v) is 16.4. The topological polar surface area (TPSA) is 35.6 Å². The predicted molar refractivity (Wildman–Crippen MR) is 249 cm³/mol. The molecule has 0 fully saturated rings. The van der Waals surface area contributed by atoms with Gasteiger partial charge in [0.25, 0.3) is 0 Å². The fourth-order valence-electron chi connectivity index (χ4n) is 9.55. The van der Waals surface area contributed by atoms with Gasteiger partial charge in [-0.1, -0.05) is 127 Å². The lowest BCUT2D eigenvalue weighted by molar-refractivity contribution is 1.01. The molecular formula is C54H32N4S. The summed E-state index contributed by atoms with van der Waals surface area (Å²) in [6.45, 7) is 0. The summed E-state index contributed by atoms with van der Waals surface area (Å²) in [6.07, 6.45) is 0. The number of nitrogens with zero attached hydrogens (tertiary/aromatic N) is 4. The number of rotatable bonds is 4. The van der Waals surface area contributed by atoms with Crippen molar-refractivity contribution in [1.82, 2.24) is 19.1 Å². The van der Waals surface area contributed by atoms with Crippen molar-refractivity contribution in [3.05, 3.63) is 194 Å². The van der Waals surface area contributed by atoms with E-state index in [4.69, 9.17) is 9.97 Å². The van der Waals surface area contributed by atoms with Crippen LogP contribution in [0.4, 0.5) is 0 Å². The Balaban J connectivity index is 1.11. The summed E-state index contributed by atoms with van der Waals surface area (Å²) in [5.74, 6) is 0.653. The molecule has 4 heterocycles. The molecule has 13 rings (SSSR count). The zero-order valence-electron chi connectivity index (χ0n) is 31.7. The largest absolute Gasteiger partial charge is 0.309 e. The number of hydrogen-bond acceptors (Lipinski definition) is 3. The molecule has 274 valence electrons. The van der Waals surface area contributed by atoms with Crippen molar-refractivity contribution in [2.45, 2.75) is 0 Å². The third-order valence-corrected chi connectivity index (χ3v) is 13.2. The van der Waals surface area contributed by atoms with E-state index >= 15 is 0 Å². The maximum absolute atomic E-state index is 5.60. The fraction of sp³-hybridized carbons (Fsp3) is 0. The first-order valence-corrected chi connectivity index (χ1v) is 20.8. The second kappa shape index (κ2) is 12.4. The molecule has 4 nitrogen and oxygen atoms in total. The molecule has 0 saturated heterocycles. The molecule has 4 aromatic heterocycles. The summed E-state index contributed by atoms with van der Waals surface area (Å²) in [6, 6.07) is 70.0. The van der Waals surface area contributed by atoms with Crippen LogP contribution in [0.15, 0.2) is 194 Å². The van der Waals surface area contributed by atoms with Gasteiger partial charge in [-0.2, -0.15) is 0 Å². The fourth-order valence-corrected chi connectivity index (χ4v) is 10.7. The Kier molecular flexibility index (Phi) is 6.85. The van der Waals surface area contributed by atoms with Crippen LogP contribution in [0.1, 0.15) is 0 Å². The number of benzene rings is 9. The highest BCUT2D eigenvalue weighted by molar-refractivity contribution is 7.26. The maximum atomic E-state index is 5.60. The van der Waals surface area contributed by atoms with Gasteiger partial charge in [-0.3, -0.25) is 4.57 Å². The van der Waals surface area contributed by atoms with Gasteiger partial charge in [-0.15, -0.1) is 11.3 Å². The van der Waals surface area contributed by atoms with Gasteiger partial charge in [0.2, 0.25) is 5.95 Å². The van der Waals surface area contributed by atoms with Crippen LogP contribution in [0.2, 0.25) is 0 Å². The molecule has 0 amide bonds. The van der Waals surface area contributed by atoms with E-state index in [1.165, 1.54) is 74.6 Å². The van der Waals surface area contributed by atoms with Crippen molar-refractivity contribution in [2.75, 3.05) is 0 Å². The first-order chi connectivity index (χ1) is 29.3. The SMILES string of the molecule is c1ccc(-c2cc(-c3nc(-n4c5ccccc5c5c6c7ccccc7n(-c7ccccc7)c6ccc54)nc4ccccc34)cc3sc4cc5ccccc5cc4c23)cc1. The van der Waals surface area contributed by atoms with Crippen molar-refractivity contribution in [1.29, 1.82) is 0 Å². The standard InChI is InChI=1S/C54H32N4S/c1-3-15-33(16-4-1)41-30-36(32-49-50(41)42-29-34-17-7-8-18-35(34)31-48(42)59-49)53-38-21-9-12-24-43(38)55-54(56-53)58-45-26-14-11-23-40(45)52-47(58)28-27-46-51(52)39-22-10-13-25-44(39)57(46)37-19-5-2-6-20-37/h1-32H. The molecule has 0 bridgehead atoms. The molecule has 0 spiro atoms. The molecule has 0 unspecified atom stereocenters. The Morgan fingerprint density at radius 2 is 0.966 bits per heavy atom. The van der Waals surface area contributed by atoms with E-state index in [-0.39, 0.29) is 0 Å². The Morgan fingerprint density at radius 1 is 0.373 bits per heavy atom. The summed E-state index contributed by atoms with van der Waals surface area (Å²) in [7, 11) is 0. The number of fused-ring (bicyclic) bond motifs is 12. The van der Waals surface area contributed by atoms with E-state index in [0.29, 0.717) is 5.95 Å². The zero-order chi connectivity index (χ0) is 38.6. The van der Waals surface area contributed by atoms with Crippen molar-refractivity contribution in [2.24, 2.45) is 0 Å². The van der Waals surface area contributed by atoms with E-state index < -0.39 is 0 Å². The smallest absolute Gasteiger partial charge is 0.235 e. The van der Waals surface area contributed by atoms with Crippen LogP contribution in [-0.4, -0.2) is 19.1 Å². The molecular weight excluding hydrogens is 737 g/mol. The highest BCUT2D eigenvalue weighted by Gasteiger charge is 2.23. The zero-order valence-corrected chi connectivity index (χ0v) is 32.5. The Hall–Kier alpha value is -7.60. The molecule has 59 heavy (non-hydrogen) atoms. The van der Waals surface area contributed by atoms with Crippen molar-refractivity contribution < 1.29 is 0 Å². The Bertz CT molecular complexity index is 3840. The normalized spacial score (nSPS) is 12.1. The predicted octanol–water partition coefficient (Wildman–Crippen LogP) is 14.7. The monoisotopic (exact) mass is 768 g/mol. The van der Waals surface area contributed by atoms with E-state index in [2.05, 4.69) is 203 Å². The van der Waals surface area contributed by atoms with Crippen LogP contribution >= 0.6 is 11.3 Å². The summed E-state index contributed by atoms with van der Waals surface area (Å²) < 4.78 is 7.19. The maximum Gasteiger partial charge on any atom is 0.235 e. The number of hydrogen-bond donors (Lipinski definition) is 0. The van der Waals surface area contributed by atoms with E-state index in [0.717, 1.165) is 38.9 Å². The molecule has 5 heteroatoms. The van der Waals surface area contributed by atoms with Crippen LogP contribution in [0.3, 0.4) is 0 Å². The highest BCUT2D eigenvalue weighted by atomic mass is 32.1. The van der Waals surface area contributed by atoms with Gasteiger partial charge in [-0.05, 0) is 88.6 Å². The van der Waals surface area contributed by atoms with Gasteiger partial charge >= 0.3 is 0 Å². The van der Waals surface area contributed by atoms with Gasteiger partial charge < -0.3 is 4.57 Å². The quantitative estimate of drug-likeness (QED) is 0.179. The minimum absolute atomic E-state index is 0.653. The number of aromatic nitrogens is 4. The molecule has 9 aromatic carbocycles. The average molecular weight is 769 g/mol. The molecule has 0 aliphatic heterocycles. The summed E-state index contributed by atoms with van der Waals surface area (Å²) in [4.78, 5) is 11.0. The average Bonchev–Trinajstić information content (AvgIpc) is 3.95. The lowest BCUT2D eigenvalue weighted by Gasteiger charge is -2.14. The minimum Gasteiger partial charge on any atom is -0.309 e. The van der Waals surface area contributed by atoms with E-state index in [1.807, 2.05) is 11.3 Å². The third-order valence-electron chi connectivity index (χ3n) is 12.1. The number of para-hydroxylation sites is 4. The van der Waals surface area contributed by atoms with Crippen LogP contribution in [0.25, 0.3) is 119 Å². The van der Waals surface area contributed by atoms with E-state index in [9.17, 15) is 0 Å². The second-order valence-electron chi connectivity index (χ2n) is 15.3. The van der Waals surface area contributed by atoms with Crippen LogP contribution in [-0.2, 0) is 0 Å². The lowest BCUT2D eigenvalue weighted by atomic mass is 9.94. The molecule has 13 aromatic rings. The Morgan fingerprint density at radius 3 is 1.71 bits per heavy atom. The lowest BCUT2D eigenvalue weighted by Crippen LogP contribution is -2.03. The first kappa shape index (κ1) is 32.5. The van der Waals surface area contributed by atoms with Crippen LogP contribution in [0.5, 0.6) is 0 Å². The highest BCUT2D eigenvalue weighted by Crippen LogP contribution is 2.46. The van der Waals surface area contributed by atoms with Gasteiger partial charge in [0.15, 0.2) is 0 Å². The molecule has 0 aliphatic rings. The molecule has 0 N–H and O–H groups in total. The van der Waals surface area contributed by atoms with Gasteiger partial charge in [-0.25, -0.2) is 9.97 Å².